The van der Waals surface area contributed by atoms with Crippen molar-refractivity contribution < 1.29 is 4.74 Å². The van der Waals surface area contributed by atoms with Crippen LogP contribution in [0.1, 0.15) is 25.0 Å². The van der Waals surface area contributed by atoms with Gasteiger partial charge in [-0.2, -0.15) is 4.37 Å². The van der Waals surface area contributed by atoms with E-state index in [1.807, 2.05) is 13.8 Å². The molecule has 5 heteroatoms. The topological polar surface area (TPSA) is 51.4 Å². The van der Waals surface area contributed by atoms with Gasteiger partial charge >= 0.3 is 0 Å². The van der Waals surface area contributed by atoms with Gasteiger partial charge in [0.25, 0.3) is 0 Å². The van der Waals surface area contributed by atoms with E-state index >= 15 is 0 Å². The van der Waals surface area contributed by atoms with Gasteiger partial charge in [0.05, 0.1) is 6.10 Å². The van der Waals surface area contributed by atoms with Gasteiger partial charge < -0.3 is 15.4 Å². The fourth-order valence-corrected chi connectivity index (χ4v) is 3.28. The van der Waals surface area contributed by atoms with Gasteiger partial charge in [-0.05, 0) is 42.9 Å². The average molecular weight is 289 g/mol. The standard InChI is InChI=1S/C15H19N3OS/c1-10(2)19-13-14(16)17-20-15(13)18-8-7-11-5-3-4-6-12(11)9-18/h3-6,10H,7-9H2,1-2H3,(H2,16,17). The van der Waals surface area contributed by atoms with E-state index in [-0.39, 0.29) is 6.10 Å². The molecule has 0 saturated heterocycles. The molecule has 0 fully saturated rings. The molecule has 0 unspecified atom stereocenters. The Kier molecular flexibility index (Phi) is 3.53. The zero-order valence-corrected chi connectivity index (χ0v) is 12.6. The summed E-state index contributed by atoms with van der Waals surface area (Å²) in [5.41, 5.74) is 8.75. The van der Waals surface area contributed by atoms with Crippen LogP contribution in [-0.4, -0.2) is 17.0 Å². The molecule has 3 rings (SSSR count). The summed E-state index contributed by atoms with van der Waals surface area (Å²) in [6.45, 7) is 5.89. The van der Waals surface area contributed by atoms with Crippen LogP contribution in [-0.2, 0) is 13.0 Å². The molecule has 0 amide bonds. The summed E-state index contributed by atoms with van der Waals surface area (Å²) in [7, 11) is 0. The van der Waals surface area contributed by atoms with E-state index in [1.165, 1.54) is 22.7 Å². The molecule has 106 valence electrons. The van der Waals surface area contributed by atoms with Gasteiger partial charge in [0, 0.05) is 13.1 Å². The number of benzene rings is 1. The van der Waals surface area contributed by atoms with Gasteiger partial charge in [-0.3, -0.25) is 0 Å². The van der Waals surface area contributed by atoms with Gasteiger partial charge in [-0.1, -0.05) is 24.3 Å². The molecule has 1 aliphatic rings. The smallest absolute Gasteiger partial charge is 0.198 e. The number of anilines is 2. The van der Waals surface area contributed by atoms with Crippen LogP contribution < -0.4 is 15.4 Å². The molecule has 0 atom stereocenters. The normalized spacial score (nSPS) is 14.4. The van der Waals surface area contributed by atoms with Gasteiger partial charge in [0.2, 0.25) is 0 Å². The number of nitrogens with zero attached hydrogens (tertiary/aromatic N) is 2. The number of hydrogen-bond acceptors (Lipinski definition) is 5. The Morgan fingerprint density at radius 1 is 1.30 bits per heavy atom. The van der Waals surface area contributed by atoms with Gasteiger partial charge in [0.15, 0.2) is 16.6 Å². The zero-order chi connectivity index (χ0) is 14.1. The maximum absolute atomic E-state index is 5.94. The quantitative estimate of drug-likeness (QED) is 0.943. The SMILES string of the molecule is CC(C)Oc1c(N)nsc1N1CCc2ccccc2C1. The van der Waals surface area contributed by atoms with E-state index in [1.54, 1.807) is 0 Å². The average Bonchev–Trinajstić information content (AvgIpc) is 2.79. The molecule has 0 saturated carbocycles. The third-order valence-corrected chi connectivity index (χ3v) is 4.33. The molecule has 2 heterocycles. The monoisotopic (exact) mass is 289 g/mol. The minimum Gasteiger partial charge on any atom is -0.484 e. The summed E-state index contributed by atoms with van der Waals surface area (Å²) in [5, 5.41) is 1.05. The van der Waals surface area contributed by atoms with E-state index in [4.69, 9.17) is 10.5 Å². The molecule has 1 aromatic heterocycles. The van der Waals surface area contributed by atoms with Crippen LogP contribution in [0.5, 0.6) is 5.75 Å². The van der Waals surface area contributed by atoms with Crippen molar-refractivity contribution in [1.82, 2.24) is 4.37 Å². The fraction of sp³-hybridized carbons (Fsp3) is 0.400. The van der Waals surface area contributed by atoms with Crippen LogP contribution in [0.2, 0.25) is 0 Å². The highest BCUT2D eigenvalue weighted by Crippen LogP contribution is 2.40. The first kappa shape index (κ1) is 13.2. The maximum atomic E-state index is 5.94. The number of nitrogens with two attached hydrogens (primary N) is 1. The predicted molar refractivity (Wildman–Crippen MR) is 83.5 cm³/mol. The first-order valence-corrected chi connectivity index (χ1v) is 7.66. The molecule has 4 nitrogen and oxygen atoms in total. The molecule has 0 aliphatic carbocycles. The maximum Gasteiger partial charge on any atom is 0.198 e. The number of aromatic nitrogens is 1. The number of hydrogen-bond donors (Lipinski definition) is 1. The fourth-order valence-electron chi connectivity index (χ4n) is 2.50. The molecule has 0 spiro atoms. The number of fused-ring (bicyclic) bond motifs is 1. The van der Waals surface area contributed by atoms with Crippen LogP contribution in [0.25, 0.3) is 0 Å². The summed E-state index contributed by atoms with van der Waals surface area (Å²) in [5.74, 6) is 1.24. The van der Waals surface area contributed by atoms with E-state index < -0.39 is 0 Å². The Balaban J connectivity index is 1.88. The minimum absolute atomic E-state index is 0.101. The molecule has 0 radical (unpaired) electrons. The highest BCUT2D eigenvalue weighted by molar-refractivity contribution is 7.11. The van der Waals surface area contributed by atoms with Gasteiger partial charge in [0.1, 0.15) is 0 Å². The molecule has 2 aromatic rings. The van der Waals surface area contributed by atoms with Gasteiger partial charge in [-0.15, -0.1) is 0 Å². The molecule has 0 bridgehead atoms. The summed E-state index contributed by atoms with van der Waals surface area (Å²) in [6.07, 6.45) is 1.15. The molecular weight excluding hydrogens is 270 g/mol. The Morgan fingerprint density at radius 2 is 2.05 bits per heavy atom. The van der Waals surface area contributed by atoms with E-state index in [9.17, 15) is 0 Å². The largest absolute Gasteiger partial charge is 0.484 e. The predicted octanol–water partition coefficient (Wildman–Crippen LogP) is 3.08. The van der Waals surface area contributed by atoms with E-state index in [0.29, 0.717) is 5.82 Å². The zero-order valence-electron chi connectivity index (χ0n) is 11.8. The molecular formula is C15H19N3OS. The molecule has 1 aliphatic heterocycles. The summed E-state index contributed by atoms with van der Waals surface area (Å²) in [4.78, 5) is 2.31. The highest BCUT2D eigenvalue weighted by atomic mass is 32.1. The summed E-state index contributed by atoms with van der Waals surface area (Å²) in [6, 6.07) is 8.59. The number of rotatable bonds is 3. The van der Waals surface area contributed by atoms with Crippen LogP contribution in [0, 0.1) is 0 Å². The lowest BCUT2D eigenvalue weighted by Crippen LogP contribution is -2.30. The lowest BCUT2D eigenvalue weighted by Gasteiger charge is -2.30. The second kappa shape index (κ2) is 5.32. The molecule has 1 aromatic carbocycles. The second-order valence-electron chi connectivity index (χ2n) is 5.31. The summed E-state index contributed by atoms with van der Waals surface area (Å²) < 4.78 is 10.1. The third-order valence-electron chi connectivity index (χ3n) is 3.43. The van der Waals surface area contributed by atoms with Crippen molar-refractivity contribution >= 4 is 22.4 Å². The van der Waals surface area contributed by atoms with Crippen molar-refractivity contribution in [3.05, 3.63) is 35.4 Å². The van der Waals surface area contributed by atoms with Crippen LogP contribution >= 0.6 is 11.5 Å². The first-order valence-electron chi connectivity index (χ1n) is 6.88. The Hall–Kier alpha value is -1.75. The Labute approximate surface area is 123 Å². The lowest BCUT2D eigenvalue weighted by molar-refractivity contribution is 0.244. The summed E-state index contributed by atoms with van der Waals surface area (Å²) >= 11 is 1.43. The minimum atomic E-state index is 0.101. The number of ether oxygens (including phenoxy) is 1. The Bertz CT molecular complexity index is 609. The Morgan fingerprint density at radius 3 is 2.80 bits per heavy atom. The highest BCUT2D eigenvalue weighted by Gasteiger charge is 2.23. The van der Waals surface area contributed by atoms with Crippen LogP contribution in [0.15, 0.2) is 24.3 Å². The third kappa shape index (κ3) is 2.45. The van der Waals surface area contributed by atoms with Crippen molar-refractivity contribution in [3.63, 3.8) is 0 Å². The molecule has 20 heavy (non-hydrogen) atoms. The van der Waals surface area contributed by atoms with E-state index in [2.05, 4.69) is 33.5 Å². The van der Waals surface area contributed by atoms with E-state index in [0.717, 1.165) is 30.3 Å². The van der Waals surface area contributed by atoms with Crippen LogP contribution in [0.4, 0.5) is 10.8 Å². The van der Waals surface area contributed by atoms with Gasteiger partial charge in [-0.25, -0.2) is 0 Å². The van der Waals surface area contributed by atoms with Crippen molar-refractivity contribution in [1.29, 1.82) is 0 Å². The van der Waals surface area contributed by atoms with Crippen molar-refractivity contribution in [2.75, 3.05) is 17.2 Å². The van der Waals surface area contributed by atoms with Crippen LogP contribution in [0.3, 0.4) is 0 Å². The van der Waals surface area contributed by atoms with Crippen molar-refractivity contribution in [2.24, 2.45) is 0 Å². The second-order valence-corrected chi connectivity index (χ2v) is 6.06. The van der Waals surface area contributed by atoms with Crippen molar-refractivity contribution in [3.8, 4) is 5.75 Å². The first-order chi connectivity index (χ1) is 9.65. The van der Waals surface area contributed by atoms with Crippen molar-refractivity contribution in [2.45, 2.75) is 32.9 Å². The number of nitrogen functional groups attached to an aromatic ring is 1. The molecule has 2 N–H and O–H groups in total. The lowest BCUT2D eigenvalue weighted by atomic mass is 10.0.